The van der Waals surface area contributed by atoms with Crippen LogP contribution in [0.4, 0.5) is 5.82 Å². The number of hydrogen-bond acceptors (Lipinski definition) is 5. The van der Waals surface area contributed by atoms with Crippen LogP contribution >= 0.6 is 0 Å². The summed E-state index contributed by atoms with van der Waals surface area (Å²) in [7, 11) is -3.56. The molecule has 2 aliphatic rings. The van der Waals surface area contributed by atoms with E-state index in [2.05, 4.69) is 9.97 Å². The molecule has 0 radical (unpaired) electrons. The molecule has 1 saturated carbocycles. The Bertz CT molecular complexity index is 832. The maximum Gasteiger partial charge on any atom is 0.318 e. The quantitative estimate of drug-likeness (QED) is 0.864. The Labute approximate surface area is 135 Å². The monoisotopic (exact) mass is 331 g/mol. The predicted octanol–water partition coefficient (Wildman–Crippen LogP) is 2.51. The van der Waals surface area contributed by atoms with Crippen molar-refractivity contribution in [1.82, 2.24) is 9.97 Å². The molecule has 0 bridgehead atoms. The second kappa shape index (κ2) is 5.49. The van der Waals surface area contributed by atoms with E-state index in [1.165, 1.54) is 4.31 Å². The van der Waals surface area contributed by atoms with Gasteiger partial charge in [0.1, 0.15) is 11.9 Å². The normalized spacial score (nSPS) is 19.7. The van der Waals surface area contributed by atoms with Gasteiger partial charge in [-0.25, -0.2) is 17.7 Å². The van der Waals surface area contributed by atoms with Crippen molar-refractivity contribution in [3.05, 3.63) is 42.1 Å². The molecule has 0 saturated heterocycles. The van der Waals surface area contributed by atoms with Crippen LogP contribution in [-0.2, 0) is 16.6 Å². The number of hydrogen-bond donors (Lipinski definition) is 0. The predicted molar refractivity (Wildman–Crippen MR) is 84.7 cm³/mol. The van der Waals surface area contributed by atoms with E-state index in [-0.39, 0.29) is 12.1 Å². The zero-order chi connectivity index (χ0) is 15.9. The van der Waals surface area contributed by atoms with Crippen LogP contribution in [0.1, 0.15) is 31.2 Å². The molecule has 6 nitrogen and oxygen atoms in total. The molecule has 1 aliphatic carbocycles. The van der Waals surface area contributed by atoms with Crippen LogP contribution in [-0.4, -0.2) is 24.5 Å². The maximum absolute atomic E-state index is 12.7. The zero-order valence-corrected chi connectivity index (χ0v) is 13.4. The highest BCUT2D eigenvalue weighted by molar-refractivity contribution is 7.93. The standard InChI is InChI=1S/C16H17N3O3S/c20-23(21)14-8-4-1-5-12(14)11-19(23)15-9-10-17-16(18-15)22-13-6-2-3-7-13/h1,4-5,8-10,13H,2-3,6-7,11H2. The van der Waals surface area contributed by atoms with E-state index in [1.807, 2.05) is 12.1 Å². The minimum atomic E-state index is -3.56. The molecule has 0 atom stereocenters. The lowest BCUT2D eigenvalue weighted by Crippen LogP contribution is -2.25. The fraction of sp³-hybridized carbons (Fsp3) is 0.375. The van der Waals surface area contributed by atoms with Gasteiger partial charge in [0.15, 0.2) is 0 Å². The average Bonchev–Trinajstić information content (AvgIpc) is 3.14. The van der Waals surface area contributed by atoms with Crippen LogP contribution in [0.5, 0.6) is 6.01 Å². The summed E-state index contributed by atoms with van der Waals surface area (Å²) in [5.74, 6) is 0.351. The minimum absolute atomic E-state index is 0.137. The van der Waals surface area contributed by atoms with Crippen molar-refractivity contribution in [3.8, 4) is 6.01 Å². The average molecular weight is 331 g/mol. The number of sulfonamides is 1. The number of ether oxygens (including phenoxy) is 1. The van der Waals surface area contributed by atoms with Gasteiger partial charge in [-0.05, 0) is 37.3 Å². The number of aromatic nitrogens is 2. The smallest absolute Gasteiger partial charge is 0.318 e. The van der Waals surface area contributed by atoms with E-state index in [1.54, 1.807) is 24.4 Å². The van der Waals surface area contributed by atoms with Crippen molar-refractivity contribution in [2.75, 3.05) is 4.31 Å². The zero-order valence-electron chi connectivity index (χ0n) is 12.6. The van der Waals surface area contributed by atoms with Crippen LogP contribution in [0.25, 0.3) is 0 Å². The van der Waals surface area contributed by atoms with E-state index in [4.69, 9.17) is 4.74 Å². The molecule has 0 amide bonds. The summed E-state index contributed by atoms with van der Waals surface area (Å²) >= 11 is 0. The van der Waals surface area contributed by atoms with Crippen molar-refractivity contribution in [1.29, 1.82) is 0 Å². The topological polar surface area (TPSA) is 72.4 Å². The molecule has 2 aromatic rings. The Kier molecular flexibility index (Phi) is 3.45. The highest BCUT2D eigenvalue weighted by Gasteiger charge is 2.35. The fourth-order valence-corrected chi connectivity index (χ4v) is 4.74. The Morgan fingerprint density at radius 2 is 1.91 bits per heavy atom. The molecule has 23 heavy (non-hydrogen) atoms. The third kappa shape index (κ3) is 2.55. The first kappa shape index (κ1) is 14.4. The van der Waals surface area contributed by atoms with Gasteiger partial charge >= 0.3 is 6.01 Å². The lowest BCUT2D eigenvalue weighted by Gasteiger charge is -2.17. The van der Waals surface area contributed by atoms with Gasteiger partial charge < -0.3 is 4.74 Å². The molecule has 0 unspecified atom stereocenters. The van der Waals surface area contributed by atoms with Gasteiger partial charge in [0.25, 0.3) is 10.0 Å². The van der Waals surface area contributed by atoms with Gasteiger partial charge in [0.2, 0.25) is 0 Å². The Balaban J connectivity index is 1.64. The largest absolute Gasteiger partial charge is 0.460 e. The second-order valence-electron chi connectivity index (χ2n) is 5.84. The van der Waals surface area contributed by atoms with Gasteiger partial charge in [0, 0.05) is 12.3 Å². The first-order valence-corrected chi connectivity index (χ1v) is 9.19. The summed E-state index contributed by atoms with van der Waals surface area (Å²) in [6.45, 7) is 0.290. The van der Waals surface area contributed by atoms with Crippen LogP contribution in [0.3, 0.4) is 0 Å². The Hall–Kier alpha value is -2.15. The summed E-state index contributed by atoms with van der Waals surface area (Å²) in [5, 5.41) is 0. The molecule has 1 fully saturated rings. The summed E-state index contributed by atoms with van der Waals surface area (Å²) in [6.07, 6.45) is 5.99. The number of nitrogens with zero attached hydrogens (tertiary/aromatic N) is 3. The molecule has 120 valence electrons. The molecule has 7 heteroatoms. The molecule has 1 aliphatic heterocycles. The third-order valence-corrected chi connectivity index (χ3v) is 6.15. The molecular formula is C16H17N3O3S. The first-order chi connectivity index (χ1) is 11.1. The van der Waals surface area contributed by atoms with E-state index in [0.29, 0.717) is 17.3 Å². The van der Waals surface area contributed by atoms with Crippen molar-refractivity contribution < 1.29 is 13.2 Å². The van der Waals surface area contributed by atoms with E-state index >= 15 is 0 Å². The van der Waals surface area contributed by atoms with Crippen LogP contribution in [0.2, 0.25) is 0 Å². The number of rotatable bonds is 3. The molecule has 1 aromatic heterocycles. The van der Waals surface area contributed by atoms with E-state index < -0.39 is 10.0 Å². The molecule has 2 heterocycles. The molecule has 0 spiro atoms. The highest BCUT2D eigenvalue weighted by Crippen LogP contribution is 2.33. The van der Waals surface area contributed by atoms with E-state index in [9.17, 15) is 8.42 Å². The molecule has 1 aromatic carbocycles. The molecule has 4 rings (SSSR count). The minimum Gasteiger partial charge on any atom is -0.460 e. The van der Waals surface area contributed by atoms with Gasteiger partial charge in [-0.2, -0.15) is 4.98 Å². The second-order valence-corrected chi connectivity index (χ2v) is 7.67. The Morgan fingerprint density at radius 1 is 1.13 bits per heavy atom. The van der Waals surface area contributed by atoms with Gasteiger partial charge in [0.05, 0.1) is 11.4 Å². The lowest BCUT2D eigenvalue weighted by molar-refractivity contribution is 0.192. The van der Waals surface area contributed by atoms with Gasteiger partial charge in [-0.3, -0.25) is 0 Å². The van der Waals surface area contributed by atoms with Crippen molar-refractivity contribution >= 4 is 15.8 Å². The van der Waals surface area contributed by atoms with E-state index in [0.717, 1.165) is 31.2 Å². The summed E-state index contributed by atoms with van der Waals surface area (Å²) < 4.78 is 32.4. The van der Waals surface area contributed by atoms with Crippen LogP contribution in [0, 0.1) is 0 Å². The van der Waals surface area contributed by atoms with Crippen molar-refractivity contribution in [2.24, 2.45) is 0 Å². The maximum atomic E-state index is 12.7. The van der Waals surface area contributed by atoms with Crippen LogP contribution in [0.15, 0.2) is 41.4 Å². The number of anilines is 1. The Morgan fingerprint density at radius 3 is 2.70 bits per heavy atom. The third-order valence-electron chi connectivity index (χ3n) is 4.30. The highest BCUT2D eigenvalue weighted by atomic mass is 32.2. The van der Waals surface area contributed by atoms with Gasteiger partial charge in [-0.15, -0.1) is 0 Å². The number of benzene rings is 1. The SMILES string of the molecule is O=S1(=O)c2ccccc2CN1c1ccnc(OC2CCCC2)n1. The molecule has 0 N–H and O–H groups in total. The fourth-order valence-electron chi connectivity index (χ4n) is 3.13. The summed E-state index contributed by atoms with van der Waals surface area (Å²) in [6, 6.07) is 8.87. The summed E-state index contributed by atoms with van der Waals surface area (Å²) in [4.78, 5) is 8.77. The van der Waals surface area contributed by atoms with Gasteiger partial charge in [-0.1, -0.05) is 18.2 Å². The van der Waals surface area contributed by atoms with Crippen molar-refractivity contribution in [2.45, 2.75) is 43.2 Å². The summed E-state index contributed by atoms with van der Waals surface area (Å²) in [5.41, 5.74) is 0.782. The molecular weight excluding hydrogens is 314 g/mol. The van der Waals surface area contributed by atoms with Crippen LogP contribution < -0.4 is 9.04 Å². The lowest BCUT2D eigenvalue weighted by atomic mass is 10.2. The number of fused-ring (bicyclic) bond motifs is 1. The first-order valence-electron chi connectivity index (χ1n) is 7.75. The van der Waals surface area contributed by atoms with Crippen molar-refractivity contribution in [3.63, 3.8) is 0 Å².